The lowest BCUT2D eigenvalue weighted by Crippen LogP contribution is -2.03. The van der Waals surface area contributed by atoms with Gasteiger partial charge in [0.2, 0.25) is 0 Å². The number of nitrogens with one attached hydrogen (secondary N) is 1. The van der Waals surface area contributed by atoms with Crippen LogP contribution in [0, 0.1) is 6.92 Å². The van der Waals surface area contributed by atoms with Crippen LogP contribution in [0.1, 0.15) is 16.7 Å². The minimum Gasteiger partial charge on any atom is -0.321 e. The minimum atomic E-state index is -0.0338. The van der Waals surface area contributed by atoms with Crippen molar-refractivity contribution in [2.24, 2.45) is 0 Å². The van der Waals surface area contributed by atoms with Crippen molar-refractivity contribution in [3.05, 3.63) is 77.4 Å². The van der Waals surface area contributed by atoms with Gasteiger partial charge in [0.15, 0.2) is 0 Å². The molecule has 1 amide bonds. The topological polar surface area (TPSA) is 29.1 Å². The third-order valence-corrected chi connectivity index (χ3v) is 4.16. The summed E-state index contributed by atoms with van der Waals surface area (Å²) in [6.07, 6.45) is 2.00. The fourth-order valence-corrected chi connectivity index (χ4v) is 3.09. The first-order valence-electron chi connectivity index (χ1n) is 7.35. The van der Waals surface area contributed by atoms with Crippen LogP contribution in [0.2, 0.25) is 0 Å². The van der Waals surface area contributed by atoms with Crippen LogP contribution in [0.25, 0.3) is 22.8 Å². The van der Waals surface area contributed by atoms with Crippen molar-refractivity contribution in [1.82, 2.24) is 0 Å². The number of para-hydroxylation sites is 1. The summed E-state index contributed by atoms with van der Waals surface area (Å²) in [5.74, 6) is -0.0338. The second kappa shape index (κ2) is 4.85. The maximum Gasteiger partial charge on any atom is 0.256 e. The number of hydrogen-bond donors (Lipinski definition) is 1. The second-order valence-corrected chi connectivity index (χ2v) is 5.58. The largest absolute Gasteiger partial charge is 0.321 e. The summed E-state index contributed by atoms with van der Waals surface area (Å²) in [6, 6.07) is 20.3. The summed E-state index contributed by atoms with van der Waals surface area (Å²) in [5.41, 5.74) is 7.30. The SMILES string of the molecule is Cc1cc(/C=C2/C(=O)Nc3ccccc32)c2cccccc1-2. The van der Waals surface area contributed by atoms with Gasteiger partial charge in [0.25, 0.3) is 5.91 Å². The number of hydrogen-bond acceptors (Lipinski definition) is 1. The third kappa shape index (κ3) is 1.92. The molecule has 0 radical (unpaired) electrons. The summed E-state index contributed by atoms with van der Waals surface area (Å²) in [4.78, 5) is 12.3. The average Bonchev–Trinajstić information content (AvgIpc) is 2.86. The molecule has 1 heterocycles. The van der Waals surface area contributed by atoms with Crippen LogP contribution in [0.3, 0.4) is 0 Å². The lowest BCUT2D eigenvalue weighted by atomic mass is 10.0. The standard InChI is InChI=1S/C20H15NO/c1-13-11-14(16-8-4-2-3-7-15(13)16)12-18-17-9-5-6-10-19(17)21-20(18)22/h2-12H,1H3,(H,21,22)/b18-12+. The van der Waals surface area contributed by atoms with Gasteiger partial charge in [0, 0.05) is 16.8 Å². The van der Waals surface area contributed by atoms with Crippen LogP contribution in [0.4, 0.5) is 5.69 Å². The summed E-state index contributed by atoms with van der Waals surface area (Å²) in [7, 11) is 0. The molecule has 0 bridgehead atoms. The zero-order valence-corrected chi connectivity index (χ0v) is 12.3. The molecule has 1 aromatic rings. The number of anilines is 1. The van der Waals surface area contributed by atoms with Gasteiger partial charge >= 0.3 is 0 Å². The molecule has 0 aromatic heterocycles. The molecule has 4 rings (SSSR count). The van der Waals surface area contributed by atoms with Crippen LogP contribution in [-0.4, -0.2) is 5.91 Å². The highest BCUT2D eigenvalue weighted by Crippen LogP contribution is 2.37. The smallest absolute Gasteiger partial charge is 0.256 e. The van der Waals surface area contributed by atoms with E-state index in [-0.39, 0.29) is 5.91 Å². The van der Waals surface area contributed by atoms with E-state index in [0.717, 1.165) is 22.4 Å². The fraction of sp³-hybridized carbons (Fsp3) is 0.0500. The van der Waals surface area contributed by atoms with Crippen molar-refractivity contribution in [3.63, 3.8) is 0 Å². The number of amides is 1. The van der Waals surface area contributed by atoms with Crippen LogP contribution in [-0.2, 0) is 4.79 Å². The van der Waals surface area contributed by atoms with E-state index in [4.69, 9.17) is 0 Å². The molecule has 3 aliphatic rings. The maximum absolute atomic E-state index is 12.3. The summed E-state index contributed by atoms with van der Waals surface area (Å²) < 4.78 is 0. The molecule has 106 valence electrons. The van der Waals surface area contributed by atoms with Crippen LogP contribution < -0.4 is 5.32 Å². The Morgan fingerprint density at radius 3 is 2.41 bits per heavy atom. The molecule has 0 saturated heterocycles. The van der Waals surface area contributed by atoms with Crippen molar-refractivity contribution in [3.8, 4) is 11.1 Å². The summed E-state index contributed by atoms with van der Waals surface area (Å²) in [5, 5.41) is 2.92. The Kier molecular flexibility index (Phi) is 2.83. The van der Waals surface area contributed by atoms with Gasteiger partial charge in [-0.05, 0) is 41.3 Å². The Balaban J connectivity index is 1.90. The van der Waals surface area contributed by atoms with Gasteiger partial charge < -0.3 is 5.32 Å². The lowest BCUT2D eigenvalue weighted by molar-refractivity contribution is -0.110. The second-order valence-electron chi connectivity index (χ2n) is 5.58. The van der Waals surface area contributed by atoms with Gasteiger partial charge in [-0.15, -0.1) is 0 Å². The number of fused-ring (bicyclic) bond motifs is 2. The predicted molar refractivity (Wildman–Crippen MR) is 90.7 cm³/mol. The number of carbonyl (C=O) groups is 1. The molecule has 2 heteroatoms. The zero-order valence-electron chi connectivity index (χ0n) is 12.3. The van der Waals surface area contributed by atoms with E-state index in [1.807, 2.05) is 48.5 Å². The Morgan fingerprint density at radius 2 is 1.55 bits per heavy atom. The Morgan fingerprint density at radius 1 is 0.864 bits per heavy atom. The highest BCUT2D eigenvalue weighted by molar-refractivity contribution is 6.35. The minimum absolute atomic E-state index is 0.0338. The van der Waals surface area contributed by atoms with Gasteiger partial charge in [0.1, 0.15) is 0 Å². The first-order chi connectivity index (χ1) is 10.7. The van der Waals surface area contributed by atoms with Crippen LogP contribution in [0.15, 0.2) is 60.7 Å². The maximum atomic E-state index is 12.3. The molecule has 0 fully saturated rings. The van der Waals surface area contributed by atoms with E-state index in [1.54, 1.807) is 0 Å². The van der Waals surface area contributed by atoms with Crippen molar-refractivity contribution in [2.45, 2.75) is 6.92 Å². The number of aryl methyl sites for hydroxylation is 1. The monoisotopic (exact) mass is 285 g/mol. The Labute approximate surface area is 129 Å². The molecule has 0 spiro atoms. The molecule has 1 N–H and O–H groups in total. The zero-order chi connectivity index (χ0) is 15.1. The summed E-state index contributed by atoms with van der Waals surface area (Å²) >= 11 is 0. The first kappa shape index (κ1) is 12.8. The van der Waals surface area contributed by atoms with E-state index < -0.39 is 0 Å². The molecule has 1 aromatic carbocycles. The molecule has 2 nitrogen and oxygen atoms in total. The first-order valence-corrected chi connectivity index (χ1v) is 7.35. The molecular weight excluding hydrogens is 270 g/mol. The van der Waals surface area contributed by atoms with E-state index in [2.05, 4.69) is 30.4 Å². The third-order valence-electron chi connectivity index (χ3n) is 4.16. The van der Waals surface area contributed by atoms with E-state index in [9.17, 15) is 4.79 Å². The molecule has 0 saturated carbocycles. The average molecular weight is 285 g/mol. The van der Waals surface area contributed by atoms with E-state index >= 15 is 0 Å². The molecule has 0 atom stereocenters. The van der Waals surface area contributed by atoms with Gasteiger partial charge in [-0.2, -0.15) is 0 Å². The molecule has 0 unspecified atom stereocenters. The van der Waals surface area contributed by atoms with E-state index in [0.29, 0.717) is 0 Å². The number of carbonyl (C=O) groups excluding carboxylic acids is 1. The quantitative estimate of drug-likeness (QED) is 0.651. The van der Waals surface area contributed by atoms with Crippen molar-refractivity contribution >= 4 is 23.2 Å². The van der Waals surface area contributed by atoms with E-state index in [1.165, 1.54) is 16.7 Å². The van der Waals surface area contributed by atoms with Crippen molar-refractivity contribution < 1.29 is 4.79 Å². The lowest BCUT2D eigenvalue weighted by Gasteiger charge is -1.99. The van der Waals surface area contributed by atoms with Crippen LogP contribution >= 0.6 is 0 Å². The fourth-order valence-electron chi connectivity index (χ4n) is 3.09. The van der Waals surface area contributed by atoms with Crippen LogP contribution in [0.5, 0.6) is 0 Å². The number of rotatable bonds is 1. The molecule has 1 aliphatic heterocycles. The Hall–Kier alpha value is -2.87. The highest BCUT2D eigenvalue weighted by Gasteiger charge is 2.24. The number of benzene rings is 1. The van der Waals surface area contributed by atoms with Crippen molar-refractivity contribution in [2.75, 3.05) is 5.32 Å². The molecule has 22 heavy (non-hydrogen) atoms. The normalized spacial score (nSPS) is 15.1. The predicted octanol–water partition coefficient (Wildman–Crippen LogP) is 4.59. The molecule has 2 aliphatic carbocycles. The van der Waals surface area contributed by atoms with Gasteiger partial charge in [-0.1, -0.05) is 54.6 Å². The van der Waals surface area contributed by atoms with Gasteiger partial charge in [-0.3, -0.25) is 4.79 Å². The van der Waals surface area contributed by atoms with Crippen molar-refractivity contribution in [1.29, 1.82) is 0 Å². The molecular formula is C20H15NO. The summed E-state index contributed by atoms with van der Waals surface area (Å²) in [6.45, 7) is 2.10. The Bertz CT molecular complexity index is 892. The van der Waals surface area contributed by atoms with Gasteiger partial charge in [0.05, 0.1) is 0 Å². The highest BCUT2D eigenvalue weighted by atomic mass is 16.2. The van der Waals surface area contributed by atoms with Gasteiger partial charge in [-0.25, -0.2) is 0 Å².